The average Bonchev–Trinajstić information content (AvgIpc) is 2.78. The molecule has 1 heterocycles. The minimum absolute atomic E-state index is 0.573. The first-order valence-corrected chi connectivity index (χ1v) is 6.07. The summed E-state index contributed by atoms with van der Waals surface area (Å²) < 4.78 is 5.64. The van der Waals surface area contributed by atoms with Gasteiger partial charge in [0.25, 0.3) is 0 Å². The van der Waals surface area contributed by atoms with Gasteiger partial charge in [0.2, 0.25) is 0 Å². The fourth-order valence-electron chi connectivity index (χ4n) is 1.66. The zero-order valence-corrected chi connectivity index (χ0v) is 10.5. The second-order valence-electron chi connectivity index (χ2n) is 4.15. The summed E-state index contributed by atoms with van der Waals surface area (Å²) >= 11 is 0. The molecule has 2 aromatic rings. The maximum Gasteiger partial charge on any atom is 0.154 e. The number of rotatable bonds is 6. The summed E-state index contributed by atoms with van der Waals surface area (Å²) in [5, 5.41) is 6.98. The van der Waals surface area contributed by atoms with Crippen LogP contribution in [0.5, 0.6) is 5.75 Å². The van der Waals surface area contributed by atoms with Gasteiger partial charge in [0, 0.05) is 12.8 Å². The van der Waals surface area contributed by atoms with Crippen molar-refractivity contribution < 1.29 is 4.74 Å². The Hall–Kier alpha value is -1.88. The Balaban J connectivity index is 1.81. The van der Waals surface area contributed by atoms with Gasteiger partial charge < -0.3 is 10.5 Å². The first-order valence-electron chi connectivity index (χ1n) is 6.07. The van der Waals surface area contributed by atoms with E-state index >= 15 is 0 Å². The van der Waals surface area contributed by atoms with Crippen LogP contribution in [0.15, 0.2) is 24.3 Å². The number of hydrogen-bond acceptors (Lipinski definition) is 4. The Morgan fingerprint density at radius 1 is 1.33 bits per heavy atom. The Labute approximate surface area is 106 Å². The molecule has 96 valence electrons. The van der Waals surface area contributed by atoms with Gasteiger partial charge in [-0.25, -0.2) is 4.98 Å². The van der Waals surface area contributed by atoms with Gasteiger partial charge >= 0.3 is 0 Å². The highest BCUT2D eigenvalue weighted by Crippen LogP contribution is 2.12. The first kappa shape index (κ1) is 12.6. The quantitative estimate of drug-likeness (QED) is 0.804. The third kappa shape index (κ3) is 3.56. The van der Waals surface area contributed by atoms with Gasteiger partial charge in [-0.15, -0.1) is 0 Å². The molecule has 0 unspecified atom stereocenters. The Bertz CT molecular complexity index is 495. The summed E-state index contributed by atoms with van der Waals surface area (Å²) in [5.74, 6) is 2.49. The lowest BCUT2D eigenvalue weighted by Crippen LogP contribution is -2.05. The van der Waals surface area contributed by atoms with Crippen LogP contribution in [0, 0.1) is 6.92 Å². The van der Waals surface area contributed by atoms with Crippen molar-refractivity contribution in [1.82, 2.24) is 15.2 Å². The Kier molecular flexibility index (Phi) is 4.30. The largest absolute Gasteiger partial charge is 0.493 e. The van der Waals surface area contributed by atoms with Crippen LogP contribution in [0.3, 0.4) is 0 Å². The van der Waals surface area contributed by atoms with Crippen LogP contribution in [0.1, 0.15) is 17.2 Å². The lowest BCUT2D eigenvalue weighted by Gasteiger charge is -2.04. The molecular weight excluding hydrogens is 228 g/mol. The molecule has 0 amide bonds. The van der Waals surface area contributed by atoms with E-state index in [1.165, 1.54) is 5.56 Å². The van der Waals surface area contributed by atoms with Crippen LogP contribution in [0.25, 0.3) is 0 Å². The topological polar surface area (TPSA) is 76.8 Å². The number of ether oxygens (including phenoxy) is 1. The van der Waals surface area contributed by atoms with E-state index in [-0.39, 0.29) is 0 Å². The highest BCUT2D eigenvalue weighted by atomic mass is 16.5. The van der Waals surface area contributed by atoms with Crippen LogP contribution >= 0.6 is 0 Å². The molecule has 0 fully saturated rings. The van der Waals surface area contributed by atoms with E-state index < -0.39 is 0 Å². The molecule has 1 aromatic carbocycles. The minimum atomic E-state index is 0.573. The molecule has 0 radical (unpaired) electrons. The van der Waals surface area contributed by atoms with Crippen LogP contribution in [-0.2, 0) is 12.8 Å². The van der Waals surface area contributed by atoms with E-state index in [9.17, 15) is 0 Å². The lowest BCUT2D eigenvalue weighted by atomic mass is 10.2. The number of aryl methyl sites for hydroxylation is 1. The molecule has 0 bridgehead atoms. The Morgan fingerprint density at radius 3 is 3.00 bits per heavy atom. The van der Waals surface area contributed by atoms with E-state index in [0.717, 1.165) is 23.8 Å². The maximum absolute atomic E-state index is 5.64. The summed E-state index contributed by atoms with van der Waals surface area (Å²) in [7, 11) is 0. The predicted octanol–water partition coefficient (Wildman–Crippen LogP) is 1.24. The van der Waals surface area contributed by atoms with E-state index in [0.29, 0.717) is 19.6 Å². The molecule has 0 saturated carbocycles. The molecule has 0 aliphatic heterocycles. The van der Waals surface area contributed by atoms with Gasteiger partial charge in [0.1, 0.15) is 11.6 Å². The standard InChI is InChI=1S/C13H18N4O/c1-10-3-2-4-11(9-10)18-8-6-13-15-12(5-7-14)16-17-13/h2-4,9H,5-8,14H2,1H3,(H,15,16,17). The van der Waals surface area contributed by atoms with Crippen molar-refractivity contribution in [2.75, 3.05) is 13.2 Å². The number of nitrogens with one attached hydrogen (secondary N) is 1. The predicted molar refractivity (Wildman–Crippen MR) is 69.5 cm³/mol. The monoisotopic (exact) mass is 246 g/mol. The molecule has 0 saturated heterocycles. The molecule has 2 rings (SSSR count). The molecule has 0 aliphatic rings. The number of nitrogens with zero attached hydrogens (tertiary/aromatic N) is 2. The van der Waals surface area contributed by atoms with Gasteiger partial charge in [-0.05, 0) is 31.2 Å². The fraction of sp³-hybridized carbons (Fsp3) is 0.385. The van der Waals surface area contributed by atoms with E-state index in [1.54, 1.807) is 0 Å². The van der Waals surface area contributed by atoms with Gasteiger partial charge in [-0.2, -0.15) is 5.10 Å². The molecule has 18 heavy (non-hydrogen) atoms. The van der Waals surface area contributed by atoms with Gasteiger partial charge in [0.05, 0.1) is 6.61 Å². The lowest BCUT2D eigenvalue weighted by molar-refractivity contribution is 0.319. The summed E-state index contributed by atoms with van der Waals surface area (Å²) in [6.07, 6.45) is 1.42. The van der Waals surface area contributed by atoms with Crippen LogP contribution in [0.4, 0.5) is 0 Å². The highest BCUT2D eigenvalue weighted by Gasteiger charge is 2.02. The van der Waals surface area contributed by atoms with E-state index in [2.05, 4.69) is 15.2 Å². The number of benzene rings is 1. The number of H-pyrrole nitrogens is 1. The van der Waals surface area contributed by atoms with Gasteiger partial charge in [0.15, 0.2) is 5.82 Å². The molecule has 0 spiro atoms. The smallest absolute Gasteiger partial charge is 0.154 e. The second kappa shape index (κ2) is 6.16. The first-order chi connectivity index (χ1) is 8.78. The van der Waals surface area contributed by atoms with Crippen molar-refractivity contribution in [3.05, 3.63) is 41.5 Å². The summed E-state index contributed by atoms with van der Waals surface area (Å²) in [4.78, 5) is 4.32. The normalized spacial score (nSPS) is 10.6. The van der Waals surface area contributed by atoms with E-state index in [1.807, 2.05) is 31.2 Å². The molecule has 1 aromatic heterocycles. The zero-order chi connectivity index (χ0) is 12.8. The summed E-state index contributed by atoms with van der Waals surface area (Å²) in [6.45, 7) is 3.19. The summed E-state index contributed by atoms with van der Waals surface area (Å²) in [6, 6.07) is 7.99. The zero-order valence-electron chi connectivity index (χ0n) is 10.5. The highest BCUT2D eigenvalue weighted by molar-refractivity contribution is 5.27. The molecule has 5 nitrogen and oxygen atoms in total. The molecular formula is C13H18N4O. The van der Waals surface area contributed by atoms with Crippen LogP contribution < -0.4 is 10.5 Å². The van der Waals surface area contributed by atoms with Crippen LogP contribution in [0.2, 0.25) is 0 Å². The van der Waals surface area contributed by atoms with Crippen molar-refractivity contribution in [3.63, 3.8) is 0 Å². The van der Waals surface area contributed by atoms with Crippen molar-refractivity contribution >= 4 is 0 Å². The van der Waals surface area contributed by atoms with Crippen LogP contribution in [-0.4, -0.2) is 28.3 Å². The van der Waals surface area contributed by atoms with Gasteiger partial charge in [-0.1, -0.05) is 12.1 Å². The number of hydrogen-bond donors (Lipinski definition) is 2. The number of aromatic amines is 1. The minimum Gasteiger partial charge on any atom is -0.493 e. The molecule has 3 N–H and O–H groups in total. The van der Waals surface area contributed by atoms with Crippen molar-refractivity contribution in [3.8, 4) is 5.75 Å². The van der Waals surface area contributed by atoms with Crippen molar-refractivity contribution in [2.24, 2.45) is 5.73 Å². The second-order valence-corrected chi connectivity index (χ2v) is 4.15. The van der Waals surface area contributed by atoms with Crippen molar-refractivity contribution in [1.29, 1.82) is 0 Å². The molecule has 0 aliphatic carbocycles. The third-order valence-electron chi connectivity index (χ3n) is 2.54. The molecule has 0 atom stereocenters. The van der Waals surface area contributed by atoms with Crippen molar-refractivity contribution in [2.45, 2.75) is 19.8 Å². The number of aromatic nitrogens is 3. The molecule has 5 heteroatoms. The summed E-state index contributed by atoms with van der Waals surface area (Å²) in [5.41, 5.74) is 6.64. The number of nitrogens with two attached hydrogens (primary N) is 1. The maximum atomic E-state index is 5.64. The third-order valence-corrected chi connectivity index (χ3v) is 2.54. The SMILES string of the molecule is Cc1cccc(OCCc2n[nH]c(CCN)n2)c1. The van der Waals surface area contributed by atoms with Gasteiger partial charge in [-0.3, -0.25) is 5.10 Å². The average molecular weight is 246 g/mol. The Morgan fingerprint density at radius 2 is 2.22 bits per heavy atom. The fourth-order valence-corrected chi connectivity index (χ4v) is 1.66. The van der Waals surface area contributed by atoms with E-state index in [4.69, 9.17) is 10.5 Å².